The molecule has 0 saturated carbocycles. The zero-order valence-corrected chi connectivity index (χ0v) is 11.1. The van der Waals surface area contributed by atoms with Gasteiger partial charge in [-0.25, -0.2) is 9.59 Å². The highest BCUT2D eigenvalue weighted by atomic mass is 16.7. The Kier molecular flexibility index (Phi) is 8.86. The molecule has 0 fully saturated rings. The van der Waals surface area contributed by atoms with Crippen LogP contribution in [-0.2, 0) is 28.5 Å². The molecule has 18 heavy (non-hydrogen) atoms. The van der Waals surface area contributed by atoms with Crippen molar-refractivity contribution >= 4 is 11.9 Å². The zero-order chi connectivity index (χ0) is 14.0. The molecule has 0 spiro atoms. The summed E-state index contributed by atoms with van der Waals surface area (Å²) >= 11 is 0. The number of carbonyl (C=O) groups excluding carboxylic acids is 2. The van der Waals surface area contributed by atoms with Crippen molar-refractivity contribution in [1.82, 2.24) is 0 Å². The standard InChI is InChI=1S/C12H20O6/c1-9(2)11(13)18-10(12(14)16-4)6-5-7-17-8-15-3/h10H,1,5-8H2,2-4H3. The molecule has 0 radical (unpaired) electrons. The summed E-state index contributed by atoms with van der Waals surface area (Å²) in [5.74, 6) is -1.19. The molecule has 1 unspecified atom stereocenters. The Balaban J connectivity index is 4.12. The molecule has 0 aromatic heterocycles. The number of methoxy groups -OCH3 is 2. The van der Waals surface area contributed by atoms with Crippen LogP contribution in [0.15, 0.2) is 12.2 Å². The molecule has 0 aliphatic rings. The van der Waals surface area contributed by atoms with Gasteiger partial charge < -0.3 is 18.9 Å². The van der Waals surface area contributed by atoms with Crippen LogP contribution in [0.2, 0.25) is 0 Å². The molecule has 0 heterocycles. The van der Waals surface area contributed by atoms with Crippen molar-refractivity contribution in [2.24, 2.45) is 0 Å². The van der Waals surface area contributed by atoms with E-state index in [1.807, 2.05) is 0 Å². The summed E-state index contributed by atoms with van der Waals surface area (Å²) in [6.45, 7) is 5.56. The van der Waals surface area contributed by atoms with E-state index < -0.39 is 18.0 Å². The lowest BCUT2D eigenvalue weighted by atomic mass is 10.2. The van der Waals surface area contributed by atoms with Crippen LogP contribution in [0.3, 0.4) is 0 Å². The highest BCUT2D eigenvalue weighted by Crippen LogP contribution is 2.08. The van der Waals surface area contributed by atoms with Crippen LogP contribution in [0, 0.1) is 0 Å². The fraction of sp³-hybridized carbons (Fsp3) is 0.667. The maximum Gasteiger partial charge on any atom is 0.347 e. The van der Waals surface area contributed by atoms with Crippen molar-refractivity contribution in [1.29, 1.82) is 0 Å². The summed E-state index contributed by atoms with van der Waals surface area (Å²) in [5, 5.41) is 0. The van der Waals surface area contributed by atoms with Crippen LogP contribution in [0.1, 0.15) is 19.8 Å². The molecule has 6 heteroatoms. The summed E-state index contributed by atoms with van der Waals surface area (Å²) in [5.41, 5.74) is 0.236. The Morgan fingerprint density at radius 2 is 1.94 bits per heavy atom. The highest BCUT2D eigenvalue weighted by Gasteiger charge is 2.23. The third-order valence-electron chi connectivity index (χ3n) is 2.02. The lowest BCUT2D eigenvalue weighted by Crippen LogP contribution is -2.29. The van der Waals surface area contributed by atoms with Gasteiger partial charge in [-0.1, -0.05) is 6.58 Å². The van der Waals surface area contributed by atoms with E-state index in [2.05, 4.69) is 11.3 Å². The normalized spacial score (nSPS) is 11.7. The first-order valence-corrected chi connectivity index (χ1v) is 5.54. The number of carbonyl (C=O) groups is 2. The Hall–Kier alpha value is -1.40. The van der Waals surface area contributed by atoms with Gasteiger partial charge in [-0.3, -0.25) is 0 Å². The summed E-state index contributed by atoms with van der Waals surface area (Å²) in [6, 6.07) is 0. The van der Waals surface area contributed by atoms with Gasteiger partial charge in [0.05, 0.1) is 7.11 Å². The molecule has 0 saturated heterocycles. The molecule has 0 amide bonds. The van der Waals surface area contributed by atoms with E-state index in [4.69, 9.17) is 14.2 Å². The second kappa shape index (κ2) is 9.61. The van der Waals surface area contributed by atoms with Crippen molar-refractivity contribution < 1.29 is 28.5 Å². The van der Waals surface area contributed by atoms with Gasteiger partial charge >= 0.3 is 11.9 Å². The number of ether oxygens (including phenoxy) is 4. The van der Waals surface area contributed by atoms with E-state index in [-0.39, 0.29) is 12.4 Å². The third-order valence-corrected chi connectivity index (χ3v) is 2.02. The lowest BCUT2D eigenvalue weighted by Gasteiger charge is -2.15. The highest BCUT2D eigenvalue weighted by molar-refractivity contribution is 5.89. The largest absolute Gasteiger partial charge is 0.466 e. The minimum absolute atomic E-state index is 0.189. The zero-order valence-electron chi connectivity index (χ0n) is 11.1. The van der Waals surface area contributed by atoms with Crippen molar-refractivity contribution in [2.75, 3.05) is 27.6 Å². The second-order valence-electron chi connectivity index (χ2n) is 3.65. The summed E-state index contributed by atoms with van der Waals surface area (Å²) in [7, 11) is 2.76. The Morgan fingerprint density at radius 1 is 1.28 bits per heavy atom. The van der Waals surface area contributed by atoms with E-state index in [1.165, 1.54) is 21.1 Å². The molecule has 0 aliphatic heterocycles. The van der Waals surface area contributed by atoms with E-state index in [1.54, 1.807) is 0 Å². The topological polar surface area (TPSA) is 71.1 Å². The first-order chi connectivity index (χ1) is 8.52. The molecule has 1 atom stereocenters. The molecule has 6 nitrogen and oxygen atoms in total. The number of esters is 2. The molecule has 0 aromatic carbocycles. The fourth-order valence-electron chi connectivity index (χ4n) is 1.10. The predicted octanol–water partition coefficient (Wildman–Crippen LogP) is 1.05. The molecule has 0 N–H and O–H groups in total. The molecule has 0 aromatic rings. The van der Waals surface area contributed by atoms with Crippen LogP contribution < -0.4 is 0 Å². The molecule has 0 aliphatic carbocycles. The summed E-state index contributed by atoms with van der Waals surface area (Å²) in [6.07, 6.45) is -0.0486. The quantitative estimate of drug-likeness (QED) is 0.267. The minimum atomic E-state index is -0.926. The third kappa shape index (κ3) is 7.03. The smallest absolute Gasteiger partial charge is 0.347 e. The first kappa shape index (κ1) is 16.6. The number of rotatable bonds is 9. The van der Waals surface area contributed by atoms with Crippen molar-refractivity contribution in [3.05, 3.63) is 12.2 Å². The van der Waals surface area contributed by atoms with Gasteiger partial charge in [0.15, 0.2) is 6.10 Å². The van der Waals surface area contributed by atoms with Crippen LogP contribution in [0.5, 0.6) is 0 Å². The van der Waals surface area contributed by atoms with E-state index in [0.717, 1.165) is 0 Å². The fourth-order valence-corrected chi connectivity index (χ4v) is 1.10. The lowest BCUT2D eigenvalue weighted by molar-refractivity contribution is -0.164. The molecule has 0 bridgehead atoms. The monoisotopic (exact) mass is 260 g/mol. The van der Waals surface area contributed by atoms with E-state index >= 15 is 0 Å². The predicted molar refractivity (Wildman–Crippen MR) is 63.8 cm³/mol. The Morgan fingerprint density at radius 3 is 2.44 bits per heavy atom. The second-order valence-corrected chi connectivity index (χ2v) is 3.65. The maximum absolute atomic E-state index is 11.4. The van der Waals surface area contributed by atoms with Gasteiger partial charge in [0, 0.05) is 19.3 Å². The summed E-state index contributed by atoms with van der Waals surface area (Å²) < 4.78 is 19.3. The molecule has 0 rings (SSSR count). The number of hydrogen-bond donors (Lipinski definition) is 0. The van der Waals surface area contributed by atoms with E-state index in [0.29, 0.717) is 19.4 Å². The SMILES string of the molecule is C=C(C)C(=O)OC(CCCOCOC)C(=O)OC. The van der Waals surface area contributed by atoms with Gasteiger partial charge in [0.1, 0.15) is 6.79 Å². The maximum atomic E-state index is 11.4. The Bertz CT molecular complexity index is 286. The van der Waals surface area contributed by atoms with Crippen LogP contribution in [0.25, 0.3) is 0 Å². The van der Waals surface area contributed by atoms with Gasteiger partial charge in [-0.2, -0.15) is 0 Å². The Labute approximate surface area is 107 Å². The average molecular weight is 260 g/mol. The van der Waals surface area contributed by atoms with Gasteiger partial charge in [0.2, 0.25) is 0 Å². The van der Waals surface area contributed by atoms with Gasteiger partial charge in [-0.15, -0.1) is 0 Å². The molecular formula is C12H20O6. The minimum Gasteiger partial charge on any atom is -0.466 e. The van der Waals surface area contributed by atoms with Crippen molar-refractivity contribution in [2.45, 2.75) is 25.9 Å². The average Bonchev–Trinajstić information content (AvgIpc) is 2.35. The molecular weight excluding hydrogens is 240 g/mol. The van der Waals surface area contributed by atoms with Gasteiger partial charge in [0.25, 0.3) is 0 Å². The van der Waals surface area contributed by atoms with Crippen molar-refractivity contribution in [3.8, 4) is 0 Å². The van der Waals surface area contributed by atoms with Crippen LogP contribution in [-0.4, -0.2) is 45.7 Å². The van der Waals surface area contributed by atoms with Crippen LogP contribution in [0.4, 0.5) is 0 Å². The van der Waals surface area contributed by atoms with Crippen molar-refractivity contribution in [3.63, 3.8) is 0 Å². The number of hydrogen-bond acceptors (Lipinski definition) is 6. The summed E-state index contributed by atoms with van der Waals surface area (Å²) in [4.78, 5) is 22.7. The van der Waals surface area contributed by atoms with Crippen LogP contribution >= 0.6 is 0 Å². The molecule has 104 valence electrons. The van der Waals surface area contributed by atoms with E-state index in [9.17, 15) is 9.59 Å². The first-order valence-electron chi connectivity index (χ1n) is 5.54. The van der Waals surface area contributed by atoms with Gasteiger partial charge in [-0.05, 0) is 19.8 Å².